The van der Waals surface area contributed by atoms with Crippen molar-refractivity contribution in [1.82, 2.24) is 10.4 Å². The van der Waals surface area contributed by atoms with Crippen molar-refractivity contribution < 1.29 is 9.59 Å². The lowest BCUT2D eigenvalue weighted by Crippen LogP contribution is -2.45. The van der Waals surface area contributed by atoms with Crippen molar-refractivity contribution in [2.24, 2.45) is 5.92 Å². The predicted octanol–water partition coefficient (Wildman–Crippen LogP) is 1.45. The molecule has 0 saturated carbocycles. The molecule has 1 N–H and O–H groups in total. The molecule has 0 radical (unpaired) electrons. The van der Waals surface area contributed by atoms with Crippen LogP contribution in [0.1, 0.15) is 24.2 Å². The van der Waals surface area contributed by atoms with Gasteiger partial charge in [0.15, 0.2) is 0 Å². The highest BCUT2D eigenvalue weighted by molar-refractivity contribution is 5.95. The summed E-state index contributed by atoms with van der Waals surface area (Å²) in [4.78, 5) is 23.2. The van der Waals surface area contributed by atoms with Gasteiger partial charge in [0, 0.05) is 18.5 Å². The van der Waals surface area contributed by atoms with Gasteiger partial charge < -0.3 is 0 Å². The van der Waals surface area contributed by atoms with Crippen molar-refractivity contribution in [2.75, 3.05) is 7.05 Å². The van der Waals surface area contributed by atoms with Gasteiger partial charge in [0.2, 0.25) is 5.91 Å². The molecule has 0 aliphatic rings. The molecule has 86 valence electrons. The first kappa shape index (κ1) is 12.2. The Labute approximate surface area is 95.2 Å². The van der Waals surface area contributed by atoms with Crippen molar-refractivity contribution in [3.63, 3.8) is 0 Å². The third kappa shape index (κ3) is 3.08. The first-order valence-electron chi connectivity index (χ1n) is 5.16. The quantitative estimate of drug-likeness (QED) is 0.767. The molecular formula is C12H16N2O2. The fourth-order valence-electron chi connectivity index (χ4n) is 1.25. The lowest BCUT2D eigenvalue weighted by atomic mass is 10.2. The van der Waals surface area contributed by atoms with Crippen molar-refractivity contribution in [3.8, 4) is 0 Å². The van der Waals surface area contributed by atoms with Gasteiger partial charge in [-0.25, -0.2) is 0 Å². The molecule has 4 nitrogen and oxygen atoms in total. The van der Waals surface area contributed by atoms with E-state index < -0.39 is 0 Å². The lowest BCUT2D eigenvalue weighted by Gasteiger charge is -2.20. The molecule has 0 spiro atoms. The van der Waals surface area contributed by atoms with Crippen molar-refractivity contribution in [2.45, 2.75) is 13.8 Å². The highest BCUT2D eigenvalue weighted by Crippen LogP contribution is 2.00. The molecule has 0 fully saturated rings. The molecule has 0 unspecified atom stereocenters. The Morgan fingerprint density at radius 3 is 2.25 bits per heavy atom. The molecule has 0 saturated heterocycles. The number of rotatable bonds is 2. The number of hydrogen-bond donors (Lipinski definition) is 1. The normalized spacial score (nSPS) is 10.0. The number of benzene rings is 1. The maximum atomic E-state index is 11.7. The zero-order chi connectivity index (χ0) is 12.1. The van der Waals surface area contributed by atoms with Crippen LogP contribution in [0.4, 0.5) is 0 Å². The summed E-state index contributed by atoms with van der Waals surface area (Å²) < 4.78 is 0. The third-order valence-electron chi connectivity index (χ3n) is 2.13. The van der Waals surface area contributed by atoms with Crippen LogP contribution in [0.3, 0.4) is 0 Å². The molecule has 0 atom stereocenters. The molecule has 1 aromatic rings. The molecule has 0 bridgehead atoms. The first-order valence-corrected chi connectivity index (χ1v) is 5.16. The Hall–Kier alpha value is -1.84. The van der Waals surface area contributed by atoms with Crippen LogP contribution in [0.25, 0.3) is 0 Å². The number of nitrogens with one attached hydrogen (secondary N) is 1. The van der Waals surface area contributed by atoms with Gasteiger partial charge in [0.1, 0.15) is 0 Å². The largest absolute Gasteiger partial charge is 0.273 e. The van der Waals surface area contributed by atoms with Crippen LogP contribution < -0.4 is 5.43 Å². The first-order chi connectivity index (χ1) is 7.52. The highest BCUT2D eigenvalue weighted by atomic mass is 16.2. The average Bonchev–Trinajstić information content (AvgIpc) is 2.28. The Kier molecular flexibility index (Phi) is 4.05. The van der Waals surface area contributed by atoms with Gasteiger partial charge in [0.05, 0.1) is 0 Å². The van der Waals surface area contributed by atoms with Gasteiger partial charge in [-0.1, -0.05) is 32.0 Å². The minimum atomic E-state index is -0.280. The van der Waals surface area contributed by atoms with E-state index in [2.05, 4.69) is 5.43 Å². The van der Waals surface area contributed by atoms with Crippen LogP contribution in [0.5, 0.6) is 0 Å². The summed E-state index contributed by atoms with van der Waals surface area (Å²) in [5.74, 6) is -0.539. The summed E-state index contributed by atoms with van der Waals surface area (Å²) >= 11 is 0. The van der Waals surface area contributed by atoms with Gasteiger partial charge >= 0.3 is 0 Å². The molecule has 0 aromatic heterocycles. The van der Waals surface area contributed by atoms with Gasteiger partial charge in [-0.2, -0.15) is 0 Å². The number of nitrogens with zero attached hydrogens (tertiary/aromatic N) is 1. The van der Waals surface area contributed by atoms with E-state index >= 15 is 0 Å². The van der Waals surface area contributed by atoms with Gasteiger partial charge in [-0.3, -0.25) is 20.0 Å². The van der Waals surface area contributed by atoms with E-state index in [0.717, 1.165) is 0 Å². The van der Waals surface area contributed by atoms with Crippen molar-refractivity contribution in [3.05, 3.63) is 35.9 Å². The van der Waals surface area contributed by atoms with Gasteiger partial charge in [0.25, 0.3) is 5.91 Å². The number of hydrogen-bond acceptors (Lipinski definition) is 2. The van der Waals surface area contributed by atoms with Gasteiger partial charge in [-0.05, 0) is 12.1 Å². The molecule has 0 aliphatic carbocycles. The lowest BCUT2D eigenvalue weighted by molar-refractivity contribution is -0.135. The summed E-state index contributed by atoms with van der Waals surface area (Å²) in [5, 5.41) is 1.22. The Balaban J connectivity index is 2.62. The van der Waals surface area contributed by atoms with Crippen LogP contribution in [-0.4, -0.2) is 23.9 Å². The standard InChI is InChI=1S/C12H16N2O2/c1-9(2)12(16)14(3)13-11(15)10-7-5-4-6-8-10/h4-9H,1-3H3,(H,13,15). The Morgan fingerprint density at radius 2 is 1.75 bits per heavy atom. The zero-order valence-electron chi connectivity index (χ0n) is 9.73. The molecule has 2 amide bonds. The van der Waals surface area contributed by atoms with Crippen LogP contribution in [0, 0.1) is 5.92 Å². The van der Waals surface area contributed by atoms with Crippen LogP contribution in [0.15, 0.2) is 30.3 Å². The summed E-state index contributed by atoms with van der Waals surface area (Å²) in [6.07, 6.45) is 0. The molecule has 1 rings (SSSR count). The number of hydrazine groups is 1. The monoisotopic (exact) mass is 220 g/mol. The fourth-order valence-corrected chi connectivity index (χ4v) is 1.25. The van der Waals surface area contributed by atoms with Crippen molar-refractivity contribution in [1.29, 1.82) is 0 Å². The van der Waals surface area contributed by atoms with E-state index in [1.165, 1.54) is 5.01 Å². The topological polar surface area (TPSA) is 49.4 Å². The number of amides is 2. The van der Waals surface area contributed by atoms with E-state index in [4.69, 9.17) is 0 Å². The maximum Gasteiger partial charge on any atom is 0.269 e. The Bertz CT molecular complexity index is 374. The van der Waals surface area contributed by atoms with Crippen LogP contribution >= 0.6 is 0 Å². The second-order valence-corrected chi connectivity index (χ2v) is 3.86. The van der Waals surface area contributed by atoms with E-state index in [0.29, 0.717) is 5.56 Å². The minimum Gasteiger partial charge on any atom is -0.273 e. The third-order valence-corrected chi connectivity index (χ3v) is 2.13. The SMILES string of the molecule is CC(C)C(=O)N(C)NC(=O)c1ccccc1. The molecule has 16 heavy (non-hydrogen) atoms. The molecule has 4 heteroatoms. The fraction of sp³-hybridized carbons (Fsp3) is 0.333. The molecular weight excluding hydrogens is 204 g/mol. The van der Waals surface area contributed by atoms with Gasteiger partial charge in [-0.15, -0.1) is 0 Å². The van der Waals surface area contributed by atoms with E-state index in [-0.39, 0.29) is 17.7 Å². The summed E-state index contributed by atoms with van der Waals surface area (Å²) in [5.41, 5.74) is 3.06. The molecule has 0 aliphatic heterocycles. The summed E-state index contributed by atoms with van der Waals surface area (Å²) in [6.45, 7) is 3.57. The van der Waals surface area contributed by atoms with Crippen LogP contribution in [0.2, 0.25) is 0 Å². The predicted molar refractivity (Wildman–Crippen MR) is 61.5 cm³/mol. The van der Waals surface area contributed by atoms with E-state index in [9.17, 15) is 9.59 Å². The number of carbonyl (C=O) groups is 2. The minimum absolute atomic E-state index is 0.121. The van der Waals surface area contributed by atoms with E-state index in [1.54, 1.807) is 45.2 Å². The summed E-state index contributed by atoms with van der Waals surface area (Å²) in [6, 6.07) is 8.78. The van der Waals surface area contributed by atoms with Crippen molar-refractivity contribution >= 4 is 11.8 Å². The zero-order valence-corrected chi connectivity index (χ0v) is 9.73. The molecule has 0 heterocycles. The molecule has 1 aromatic carbocycles. The second kappa shape index (κ2) is 5.30. The smallest absolute Gasteiger partial charge is 0.269 e. The highest BCUT2D eigenvalue weighted by Gasteiger charge is 2.15. The van der Waals surface area contributed by atoms with E-state index in [1.807, 2.05) is 6.07 Å². The van der Waals surface area contributed by atoms with Crippen LogP contribution in [-0.2, 0) is 4.79 Å². The second-order valence-electron chi connectivity index (χ2n) is 3.86. The Morgan fingerprint density at radius 1 is 1.19 bits per heavy atom. The summed E-state index contributed by atoms with van der Waals surface area (Å²) in [7, 11) is 1.54. The maximum absolute atomic E-state index is 11.7. The number of carbonyl (C=O) groups excluding carboxylic acids is 2. The average molecular weight is 220 g/mol.